The smallest absolute Gasteiger partial charge is 0.227 e. The molecule has 15 heavy (non-hydrogen) atoms. The van der Waals surface area contributed by atoms with Gasteiger partial charge in [0.05, 0.1) is 17.9 Å². The van der Waals surface area contributed by atoms with E-state index >= 15 is 0 Å². The molecule has 1 atom stereocenters. The van der Waals surface area contributed by atoms with Crippen LogP contribution in [0, 0.1) is 16.7 Å². The Bertz CT molecular complexity index is 251. The van der Waals surface area contributed by atoms with Crippen LogP contribution in [-0.2, 0) is 4.79 Å². The average Bonchev–Trinajstić information content (AvgIpc) is 2.30. The molecule has 1 heterocycles. The van der Waals surface area contributed by atoms with Crippen molar-refractivity contribution >= 4 is 5.91 Å². The first-order chi connectivity index (χ1) is 7.25. The standard InChI is InChI=1S/C11H19N3O/c1-2-11(5-3-7-13-9-11)10(15)14-8-4-6-12/h13H,2-5,7-9H2,1H3,(H,14,15). The Morgan fingerprint density at radius 3 is 3.00 bits per heavy atom. The van der Waals surface area contributed by atoms with Crippen molar-refractivity contribution in [2.24, 2.45) is 5.41 Å². The zero-order chi connectivity index (χ0) is 11.1. The molecule has 1 saturated heterocycles. The van der Waals surface area contributed by atoms with Crippen molar-refractivity contribution in [2.45, 2.75) is 32.6 Å². The van der Waals surface area contributed by atoms with E-state index in [9.17, 15) is 4.79 Å². The quantitative estimate of drug-likeness (QED) is 0.673. The van der Waals surface area contributed by atoms with E-state index in [0.29, 0.717) is 13.0 Å². The molecule has 4 heteroatoms. The van der Waals surface area contributed by atoms with E-state index in [1.54, 1.807) is 0 Å². The van der Waals surface area contributed by atoms with Gasteiger partial charge in [-0.05, 0) is 25.8 Å². The van der Waals surface area contributed by atoms with E-state index in [1.165, 1.54) is 0 Å². The van der Waals surface area contributed by atoms with E-state index in [0.717, 1.165) is 32.4 Å². The van der Waals surface area contributed by atoms with Crippen molar-refractivity contribution in [2.75, 3.05) is 19.6 Å². The van der Waals surface area contributed by atoms with Gasteiger partial charge in [0.15, 0.2) is 0 Å². The minimum atomic E-state index is -0.242. The van der Waals surface area contributed by atoms with Crippen molar-refractivity contribution in [1.29, 1.82) is 5.26 Å². The lowest BCUT2D eigenvalue weighted by Gasteiger charge is -2.35. The number of amides is 1. The van der Waals surface area contributed by atoms with Crippen LogP contribution in [-0.4, -0.2) is 25.5 Å². The van der Waals surface area contributed by atoms with Gasteiger partial charge in [0.1, 0.15) is 0 Å². The van der Waals surface area contributed by atoms with Gasteiger partial charge in [0.25, 0.3) is 0 Å². The fourth-order valence-electron chi connectivity index (χ4n) is 2.04. The number of hydrogen-bond donors (Lipinski definition) is 2. The molecule has 1 unspecified atom stereocenters. The fraction of sp³-hybridized carbons (Fsp3) is 0.818. The SMILES string of the molecule is CCC1(C(=O)NCCC#N)CCCNC1. The summed E-state index contributed by atoms with van der Waals surface area (Å²) in [4.78, 5) is 12.0. The first kappa shape index (κ1) is 12.0. The summed E-state index contributed by atoms with van der Waals surface area (Å²) in [6, 6.07) is 2.03. The fourth-order valence-corrected chi connectivity index (χ4v) is 2.04. The third kappa shape index (κ3) is 2.93. The van der Waals surface area contributed by atoms with E-state index in [4.69, 9.17) is 5.26 Å². The highest BCUT2D eigenvalue weighted by molar-refractivity contribution is 5.83. The van der Waals surface area contributed by atoms with Crippen LogP contribution < -0.4 is 10.6 Å². The lowest BCUT2D eigenvalue weighted by atomic mass is 9.77. The van der Waals surface area contributed by atoms with Crippen molar-refractivity contribution < 1.29 is 4.79 Å². The molecule has 1 amide bonds. The van der Waals surface area contributed by atoms with Crippen molar-refractivity contribution in [1.82, 2.24) is 10.6 Å². The molecular weight excluding hydrogens is 190 g/mol. The second kappa shape index (κ2) is 5.72. The van der Waals surface area contributed by atoms with E-state index < -0.39 is 0 Å². The minimum absolute atomic E-state index is 0.104. The van der Waals surface area contributed by atoms with Crippen molar-refractivity contribution in [3.8, 4) is 6.07 Å². The van der Waals surface area contributed by atoms with Gasteiger partial charge in [-0.3, -0.25) is 4.79 Å². The van der Waals surface area contributed by atoms with Gasteiger partial charge in [-0.25, -0.2) is 0 Å². The van der Waals surface area contributed by atoms with Crippen molar-refractivity contribution in [3.05, 3.63) is 0 Å². The van der Waals surface area contributed by atoms with Crippen LogP contribution in [0.25, 0.3) is 0 Å². The molecular formula is C11H19N3O. The normalized spacial score (nSPS) is 25.6. The number of nitrogens with one attached hydrogen (secondary N) is 2. The highest BCUT2D eigenvalue weighted by atomic mass is 16.2. The van der Waals surface area contributed by atoms with Crippen LogP contribution in [0.15, 0.2) is 0 Å². The van der Waals surface area contributed by atoms with E-state index in [2.05, 4.69) is 17.6 Å². The third-order valence-corrected chi connectivity index (χ3v) is 3.15. The number of carbonyl (C=O) groups is 1. The summed E-state index contributed by atoms with van der Waals surface area (Å²) < 4.78 is 0. The van der Waals surface area contributed by atoms with Gasteiger partial charge in [0, 0.05) is 13.1 Å². The summed E-state index contributed by atoms with van der Waals surface area (Å²) >= 11 is 0. The Morgan fingerprint density at radius 2 is 2.47 bits per heavy atom. The maximum absolute atomic E-state index is 12.0. The number of carbonyl (C=O) groups excluding carboxylic acids is 1. The molecule has 1 aliphatic rings. The van der Waals surface area contributed by atoms with Crippen LogP contribution in [0.3, 0.4) is 0 Å². The molecule has 4 nitrogen and oxygen atoms in total. The second-order valence-corrected chi connectivity index (χ2v) is 4.08. The molecule has 0 spiro atoms. The predicted molar refractivity (Wildman–Crippen MR) is 58.1 cm³/mol. The highest BCUT2D eigenvalue weighted by Crippen LogP contribution is 2.29. The molecule has 0 radical (unpaired) electrons. The molecule has 84 valence electrons. The maximum atomic E-state index is 12.0. The number of piperidine rings is 1. The molecule has 0 aliphatic carbocycles. The number of nitriles is 1. The van der Waals surface area contributed by atoms with Gasteiger partial charge in [-0.15, -0.1) is 0 Å². The number of rotatable bonds is 4. The third-order valence-electron chi connectivity index (χ3n) is 3.15. The Kier molecular flexibility index (Phi) is 4.57. The molecule has 0 bridgehead atoms. The first-order valence-corrected chi connectivity index (χ1v) is 5.61. The maximum Gasteiger partial charge on any atom is 0.227 e. The van der Waals surface area contributed by atoms with Crippen LogP contribution in [0.5, 0.6) is 0 Å². The molecule has 0 saturated carbocycles. The highest BCUT2D eigenvalue weighted by Gasteiger charge is 2.37. The summed E-state index contributed by atoms with van der Waals surface area (Å²) in [5.74, 6) is 0.104. The Morgan fingerprint density at radius 1 is 1.67 bits per heavy atom. The predicted octanol–water partition coefficient (Wildman–Crippen LogP) is 0.796. The summed E-state index contributed by atoms with van der Waals surface area (Å²) in [5, 5.41) is 14.5. The molecule has 1 fully saturated rings. The van der Waals surface area contributed by atoms with Gasteiger partial charge >= 0.3 is 0 Å². The van der Waals surface area contributed by atoms with Crippen LogP contribution in [0.1, 0.15) is 32.6 Å². The first-order valence-electron chi connectivity index (χ1n) is 5.61. The van der Waals surface area contributed by atoms with Gasteiger partial charge < -0.3 is 10.6 Å². The zero-order valence-corrected chi connectivity index (χ0v) is 9.31. The van der Waals surface area contributed by atoms with Gasteiger partial charge in [-0.2, -0.15) is 5.26 Å². The Labute approximate surface area is 91.0 Å². The molecule has 0 aromatic rings. The second-order valence-electron chi connectivity index (χ2n) is 4.08. The lowest BCUT2D eigenvalue weighted by molar-refractivity contribution is -0.132. The Balaban J connectivity index is 2.49. The average molecular weight is 209 g/mol. The summed E-state index contributed by atoms with van der Waals surface area (Å²) in [6.07, 6.45) is 3.26. The lowest BCUT2D eigenvalue weighted by Crippen LogP contribution is -2.50. The van der Waals surface area contributed by atoms with E-state index in [-0.39, 0.29) is 11.3 Å². The minimum Gasteiger partial charge on any atom is -0.355 e. The topological polar surface area (TPSA) is 64.9 Å². The van der Waals surface area contributed by atoms with Gasteiger partial charge in [0.2, 0.25) is 5.91 Å². The zero-order valence-electron chi connectivity index (χ0n) is 9.31. The van der Waals surface area contributed by atoms with E-state index in [1.807, 2.05) is 6.07 Å². The molecule has 1 rings (SSSR count). The molecule has 0 aromatic heterocycles. The molecule has 2 N–H and O–H groups in total. The Hall–Kier alpha value is -1.08. The molecule has 1 aliphatic heterocycles. The summed E-state index contributed by atoms with van der Waals surface area (Å²) in [5.41, 5.74) is -0.242. The van der Waals surface area contributed by atoms with Crippen LogP contribution in [0.2, 0.25) is 0 Å². The summed E-state index contributed by atoms with van der Waals surface area (Å²) in [6.45, 7) is 4.29. The molecule has 0 aromatic carbocycles. The largest absolute Gasteiger partial charge is 0.355 e. The monoisotopic (exact) mass is 209 g/mol. The van der Waals surface area contributed by atoms with Crippen LogP contribution >= 0.6 is 0 Å². The van der Waals surface area contributed by atoms with Gasteiger partial charge in [-0.1, -0.05) is 6.92 Å². The van der Waals surface area contributed by atoms with Crippen molar-refractivity contribution in [3.63, 3.8) is 0 Å². The van der Waals surface area contributed by atoms with Crippen LogP contribution in [0.4, 0.5) is 0 Å². The summed E-state index contributed by atoms with van der Waals surface area (Å²) in [7, 11) is 0. The number of hydrogen-bond acceptors (Lipinski definition) is 3. The number of nitrogens with zero attached hydrogens (tertiary/aromatic N) is 1.